The molecule has 0 saturated heterocycles. The minimum absolute atomic E-state index is 0.331. The molecule has 4 aromatic carbocycles. The first-order chi connectivity index (χ1) is 18.9. The summed E-state index contributed by atoms with van der Waals surface area (Å²) in [7, 11) is 0.373. The van der Waals surface area contributed by atoms with Crippen LogP contribution >= 0.6 is 0 Å². The van der Waals surface area contributed by atoms with E-state index >= 15 is 0 Å². The SMILES string of the molecule is CC.COc1c(C(F)(F)F)cc2c(F)c(F)c(F)c(F)c2c1-c1c(O)c(C(F)(F)F)cc2c(F)c(F)c(F)c(F)c12. The predicted molar refractivity (Wildman–Crippen MR) is 116 cm³/mol. The Bertz CT molecular complexity index is 1710. The fourth-order valence-electron chi connectivity index (χ4n) is 4.10. The van der Waals surface area contributed by atoms with E-state index in [1.165, 1.54) is 0 Å². The Morgan fingerprint density at radius 3 is 1.24 bits per heavy atom. The second-order valence-corrected chi connectivity index (χ2v) is 7.83. The number of benzene rings is 4. The van der Waals surface area contributed by atoms with Crippen molar-refractivity contribution in [2.24, 2.45) is 0 Å². The lowest BCUT2D eigenvalue weighted by Crippen LogP contribution is -2.12. The first kappa shape index (κ1) is 31.5. The van der Waals surface area contributed by atoms with Crippen LogP contribution in [0.15, 0.2) is 12.1 Å². The van der Waals surface area contributed by atoms with Gasteiger partial charge in [-0.05, 0) is 12.1 Å². The van der Waals surface area contributed by atoms with Crippen molar-refractivity contribution in [3.05, 3.63) is 69.8 Å². The molecule has 1 N–H and O–H groups in total. The first-order valence-electron chi connectivity index (χ1n) is 10.9. The molecule has 0 amide bonds. The molecule has 222 valence electrons. The highest BCUT2D eigenvalue weighted by molar-refractivity contribution is 6.11. The number of phenols is 1. The molecule has 0 radical (unpaired) electrons. The Morgan fingerprint density at radius 2 is 0.878 bits per heavy atom. The summed E-state index contributed by atoms with van der Waals surface area (Å²) in [4.78, 5) is 0. The van der Waals surface area contributed by atoms with E-state index in [0.29, 0.717) is 7.11 Å². The topological polar surface area (TPSA) is 29.5 Å². The Labute approximate surface area is 219 Å². The summed E-state index contributed by atoms with van der Waals surface area (Å²) in [6, 6.07) is -0.767. The van der Waals surface area contributed by atoms with E-state index in [9.17, 15) is 66.6 Å². The third kappa shape index (κ3) is 4.72. The number of hydrogen-bond acceptors (Lipinski definition) is 2. The van der Waals surface area contributed by atoms with Crippen molar-refractivity contribution in [1.29, 1.82) is 0 Å². The standard InChI is InChI=1S/C23H6F14O2.C2H6/c1-39-21-7(23(35,36)37)3-5-9(15(27)19(31)17(29)13(5)25)11(21)10-8-4(2-6(20(10)38)22(32,33)34)12(24)16(28)18(30)14(8)26;1-2/h2-3,38H,1H3;1-2H3. The third-order valence-electron chi connectivity index (χ3n) is 5.71. The smallest absolute Gasteiger partial charge is 0.420 e. The van der Waals surface area contributed by atoms with Crippen LogP contribution in [0.2, 0.25) is 0 Å². The number of phenolic OH excluding ortho intramolecular Hbond substituents is 1. The van der Waals surface area contributed by atoms with E-state index in [0.717, 1.165) is 0 Å². The van der Waals surface area contributed by atoms with E-state index in [-0.39, 0.29) is 6.07 Å². The van der Waals surface area contributed by atoms with E-state index in [2.05, 4.69) is 4.74 Å². The number of halogens is 14. The van der Waals surface area contributed by atoms with Crippen LogP contribution in [0.5, 0.6) is 11.5 Å². The number of fused-ring (bicyclic) bond motifs is 2. The highest BCUT2D eigenvalue weighted by Gasteiger charge is 2.42. The summed E-state index contributed by atoms with van der Waals surface area (Å²) in [5.41, 5.74) is -8.56. The van der Waals surface area contributed by atoms with Crippen LogP contribution in [0.1, 0.15) is 25.0 Å². The van der Waals surface area contributed by atoms with Gasteiger partial charge in [0.25, 0.3) is 0 Å². The maximum atomic E-state index is 15.0. The third-order valence-corrected chi connectivity index (χ3v) is 5.71. The number of methoxy groups -OCH3 is 1. The Balaban J connectivity index is 0.00000226. The van der Waals surface area contributed by atoms with Crippen LogP contribution < -0.4 is 4.74 Å². The quantitative estimate of drug-likeness (QED) is 0.139. The molecule has 41 heavy (non-hydrogen) atoms. The van der Waals surface area contributed by atoms with Gasteiger partial charge in [0, 0.05) is 32.7 Å². The van der Waals surface area contributed by atoms with Crippen LogP contribution in [0, 0.1) is 46.5 Å². The average molecular weight is 610 g/mol. The fourth-order valence-corrected chi connectivity index (χ4v) is 4.10. The lowest BCUT2D eigenvalue weighted by molar-refractivity contribution is -0.139. The van der Waals surface area contributed by atoms with E-state index < -0.39 is 120 Å². The van der Waals surface area contributed by atoms with Gasteiger partial charge in [-0.1, -0.05) is 13.8 Å². The minimum atomic E-state index is -5.77. The molecule has 0 aromatic heterocycles. The first-order valence-corrected chi connectivity index (χ1v) is 10.9. The zero-order valence-corrected chi connectivity index (χ0v) is 20.3. The van der Waals surface area contributed by atoms with Gasteiger partial charge < -0.3 is 9.84 Å². The van der Waals surface area contributed by atoms with Gasteiger partial charge in [-0.3, -0.25) is 0 Å². The largest absolute Gasteiger partial charge is 0.507 e. The Kier molecular flexibility index (Phi) is 8.04. The second-order valence-electron chi connectivity index (χ2n) is 7.83. The number of aromatic hydroxyl groups is 1. The number of ether oxygens (including phenoxy) is 1. The minimum Gasteiger partial charge on any atom is -0.507 e. The van der Waals surface area contributed by atoms with Gasteiger partial charge in [-0.15, -0.1) is 0 Å². The lowest BCUT2D eigenvalue weighted by atomic mass is 9.87. The Hall–Kier alpha value is -3.98. The van der Waals surface area contributed by atoms with Gasteiger partial charge in [-0.25, -0.2) is 35.1 Å². The fraction of sp³-hybridized carbons (Fsp3) is 0.200. The molecule has 16 heteroatoms. The van der Waals surface area contributed by atoms with Crippen molar-refractivity contribution < 1.29 is 71.3 Å². The van der Waals surface area contributed by atoms with Crippen LogP contribution in [-0.4, -0.2) is 12.2 Å². The highest BCUT2D eigenvalue weighted by atomic mass is 19.4. The van der Waals surface area contributed by atoms with Crippen LogP contribution in [0.3, 0.4) is 0 Å². The molecule has 0 aliphatic carbocycles. The monoisotopic (exact) mass is 610 g/mol. The van der Waals surface area contributed by atoms with E-state index in [1.807, 2.05) is 13.8 Å². The molecule has 0 saturated carbocycles. The number of hydrogen-bond donors (Lipinski definition) is 1. The summed E-state index contributed by atoms with van der Waals surface area (Å²) in [5, 5.41) is 3.08. The van der Waals surface area contributed by atoms with Gasteiger partial charge in [0.05, 0.1) is 18.2 Å². The molecule has 0 atom stereocenters. The lowest BCUT2D eigenvalue weighted by Gasteiger charge is -2.23. The summed E-state index contributed by atoms with van der Waals surface area (Å²) >= 11 is 0. The molecular formula is C25H12F14O2. The highest BCUT2D eigenvalue weighted by Crippen LogP contribution is 2.54. The van der Waals surface area contributed by atoms with Crippen molar-refractivity contribution in [2.45, 2.75) is 26.2 Å². The zero-order chi connectivity index (χ0) is 31.5. The molecule has 0 bridgehead atoms. The second kappa shape index (κ2) is 10.4. The molecule has 4 aromatic rings. The molecule has 0 spiro atoms. The maximum Gasteiger partial charge on any atom is 0.420 e. The van der Waals surface area contributed by atoms with Gasteiger partial charge in [0.15, 0.2) is 46.5 Å². The summed E-state index contributed by atoms with van der Waals surface area (Å²) in [5.74, 6) is -25.2. The molecule has 0 aliphatic heterocycles. The van der Waals surface area contributed by atoms with Crippen LogP contribution in [0.4, 0.5) is 61.5 Å². The van der Waals surface area contributed by atoms with Gasteiger partial charge >= 0.3 is 12.4 Å². The summed E-state index contributed by atoms with van der Waals surface area (Å²) < 4.78 is 203. The normalized spacial score (nSPS) is 12.1. The molecule has 0 heterocycles. The molecule has 0 unspecified atom stereocenters. The zero-order valence-electron chi connectivity index (χ0n) is 20.3. The molecule has 4 rings (SSSR count). The number of rotatable bonds is 2. The maximum absolute atomic E-state index is 15.0. The Morgan fingerprint density at radius 1 is 0.537 bits per heavy atom. The predicted octanol–water partition coefficient (Wildman–Crippen LogP) is 9.55. The van der Waals surface area contributed by atoms with Crippen molar-refractivity contribution in [1.82, 2.24) is 0 Å². The van der Waals surface area contributed by atoms with Gasteiger partial charge in [-0.2, -0.15) is 26.3 Å². The van der Waals surface area contributed by atoms with E-state index in [1.54, 1.807) is 0 Å². The molecular weight excluding hydrogens is 598 g/mol. The average Bonchev–Trinajstić information content (AvgIpc) is 2.91. The summed E-state index contributed by atoms with van der Waals surface area (Å²) in [6.07, 6.45) is -11.5. The van der Waals surface area contributed by atoms with Crippen molar-refractivity contribution in [3.63, 3.8) is 0 Å². The molecule has 0 aliphatic rings. The summed E-state index contributed by atoms with van der Waals surface area (Å²) in [6.45, 7) is 4.00. The molecule has 2 nitrogen and oxygen atoms in total. The van der Waals surface area contributed by atoms with Crippen molar-refractivity contribution >= 4 is 21.5 Å². The number of alkyl halides is 6. The molecule has 0 fully saturated rings. The van der Waals surface area contributed by atoms with Crippen LogP contribution in [-0.2, 0) is 12.4 Å². The van der Waals surface area contributed by atoms with Crippen molar-refractivity contribution in [2.75, 3.05) is 7.11 Å². The van der Waals surface area contributed by atoms with Gasteiger partial charge in [0.2, 0.25) is 0 Å². The van der Waals surface area contributed by atoms with E-state index in [4.69, 9.17) is 0 Å². The van der Waals surface area contributed by atoms with Gasteiger partial charge in [0.1, 0.15) is 11.5 Å². The van der Waals surface area contributed by atoms with Crippen molar-refractivity contribution in [3.8, 4) is 22.6 Å². The van der Waals surface area contributed by atoms with Crippen LogP contribution in [0.25, 0.3) is 32.7 Å².